The summed E-state index contributed by atoms with van der Waals surface area (Å²) in [6, 6.07) is 13.6. The van der Waals surface area contributed by atoms with Crippen molar-refractivity contribution in [2.45, 2.75) is 4.90 Å². The number of carbonyl (C=O) groups excluding carboxylic acids is 1. The second-order valence-corrected chi connectivity index (χ2v) is 8.62. The Balaban J connectivity index is 1.90. The molecule has 8 heteroatoms. The highest BCUT2D eigenvalue weighted by Gasteiger charge is 2.22. The lowest BCUT2D eigenvalue weighted by Crippen LogP contribution is -2.37. The highest BCUT2D eigenvalue weighted by atomic mass is 32.2. The molecular formula is C21H25N3O3S2. The third-order valence-electron chi connectivity index (χ3n) is 4.31. The van der Waals surface area contributed by atoms with Crippen LogP contribution in [-0.2, 0) is 4.79 Å². The number of thiazole rings is 1. The van der Waals surface area contributed by atoms with Crippen LogP contribution in [0.4, 0.5) is 5.13 Å². The van der Waals surface area contributed by atoms with Crippen LogP contribution in [0.2, 0.25) is 0 Å². The predicted molar refractivity (Wildman–Crippen MR) is 121 cm³/mol. The Hall–Kier alpha value is -2.29. The van der Waals surface area contributed by atoms with Gasteiger partial charge >= 0.3 is 0 Å². The number of aromatic nitrogens is 1. The summed E-state index contributed by atoms with van der Waals surface area (Å²) in [5, 5.41) is 0.656. The van der Waals surface area contributed by atoms with Crippen LogP contribution >= 0.6 is 23.1 Å². The van der Waals surface area contributed by atoms with E-state index in [1.54, 1.807) is 19.1 Å². The maximum atomic E-state index is 13.1. The molecule has 3 aromatic rings. The standard InChI is InChI=1S/C21H25N3O3S2/c1-23(2)12-13-24(18(25)14-28-15-8-6-5-7-9-15)21-22-19-16(26-3)10-11-17(27-4)20(19)29-21/h5-11H,12-14H2,1-4H3. The molecular weight excluding hydrogens is 406 g/mol. The largest absolute Gasteiger partial charge is 0.495 e. The van der Waals surface area contributed by atoms with Crippen LogP contribution in [-0.4, -0.2) is 62.9 Å². The molecule has 6 nitrogen and oxygen atoms in total. The Morgan fingerprint density at radius 2 is 1.72 bits per heavy atom. The van der Waals surface area contributed by atoms with Crippen molar-refractivity contribution in [1.82, 2.24) is 9.88 Å². The maximum Gasteiger partial charge on any atom is 0.239 e. The molecule has 1 heterocycles. The number of anilines is 1. The topological polar surface area (TPSA) is 54.9 Å². The number of ether oxygens (including phenoxy) is 2. The molecule has 0 saturated heterocycles. The lowest BCUT2D eigenvalue weighted by atomic mass is 10.3. The summed E-state index contributed by atoms with van der Waals surface area (Å²) in [7, 11) is 7.23. The van der Waals surface area contributed by atoms with Crippen LogP contribution in [0.15, 0.2) is 47.4 Å². The molecule has 0 N–H and O–H groups in total. The molecule has 0 aliphatic heterocycles. The lowest BCUT2D eigenvalue weighted by molar-refractivity contribution is -0.116. The van der Waals surface area contributed by atoms with Crippen LogP contribution in [0.5, 0.6) is 11.5 Å². The Morgan fingerprint density at radius 1 is 1.03 bits per heavy atom. The number of hydrogen-bond donors (Lipinski definition) is 0. The first kappa shape index (κ1) is 21.4. The van der Waals surface area contributed by atoms with Crippen molar-refractivity contribution in [3.63, 3.8) is 0 Å². The van der Waals surface area contributed by atoms with Gasteiger partial charge in [0.15, 0.2) is 5.13 Å². The molecule has 0 radical (unpaired) electrons. The zero-order chi connectivity index (χ0) is 20.8. The average Bonchev–Trinajstić information content (AvgIpc) is 3.17. The van der Waals surface area contributed by atoms with E-state index < -0.39 is 0 Å². The second-order valence-electron chi connectivity index (χ2n) is 6.59. The first-order valence-electron chi connectivity index (χ1n) is 9.18. The molecule has 2 aromatic carbocycles. The van der Waals surface area contributed by atoms with Crippen LogP contribution in [0.25, 0.3) is 10.2 Å². The Bertz CT molecular complexity index is 919. The molecule has 1 amide bonds. The summed E-state index contributed by atoms with van der Waals surface area (Å²) in [6.07, 6.45) is 0. The first-order chi connectivity index (χ1) is 14.0. The fraction of sp³-hybridized carbons (Fsp3) is 0.333. The molecule has 154 valence electrons. The predicted octanol–water partition coefficient (Wildman–Crippen LogP) is 4.00. The van der Waals surface area contributed by atoms with Crippen molar-refractivity contribution in [3.8, 4) is 11.5 Å². The van der Waals surface area contributed by atoms with E-state index in [1.165, 1.54) is 23.1 Å². The number of likely N-dealkylation sites (N-methyl/N-ethyl adjacent to an activating group) is 1. The van der Waals surface area contributed by atoms with Gasteiger partial charge in [-0.1, -0.05) is 29.5 Å². The van der Waals surface area contributed by atoms with E-state index in [0.29, 0.717) is 28.7 Å². The quantitative estimate of drug-likeness (QED) is 0.478. The van der Waals surface area contributed by atoms with Crippen molar-refractivity contribution in [2.75, 3.05) is 52.1 Å². The minimum absolute atomic E-state index is 0.0256. The van der Waals surface area contributed by atoms with Crippen LogP contribution in [0, 0.1) is 0 Å². The zero-order valence-corrected chi connectivity index (χ0v) is 18.7. The molecule has 1 aromatic heterocycles. The van der Waals surface area contributed by atoms with Gasteiger partial charge in [0.1, 0.15) is 21.7 Å². The number of amides is 1. The smallest absolute Gasteiger partial charge is 0.239 e. The SMILES string of the molecule is COc1ccc(OC)c2sc(N(CCN(C)C)C(=O)CSc3ccccc3)nc12. The summed E-state index contributed by atoms with van der Waals surface area (Å²) in [5.41, 5.74) is 0.713. The van der Waals surface area contributed by atoms with Crippen molar-refractivity contribution in [1.29, 1.82) is 0 Å². The van der Waals surface area contributed by atoms with Crippen LogP contribution < -0.4 is 14.4 Å². The van der Waals surface area contributed by atoms with Gasteiger partial charge in [0.05, 0.1) is 20.0 Å². The summed E-state index contributed by atoms with van der Waals surface area (Å²) in [4.78, 5) is 22.7. The van der Waals surface area contributed by atoms with E-state index >= 15 is 0 Å². The number of hydrogen-bond acceptors (Lipinski definition) is 7. The summed E-state index contributed by atoms with van der Waals surface area (Å²) in [5.74, 6) is 1.77. The number of carbonyl (C=O) groups is 1. The van der Waals surface area contributed by atoms with E-state index in [0.717, 1.165) is 21.9 Å². The first-order valence-corrected chi connectivity index (χ1v) is 11.0. The van der Waals surface area contributed by atoms with Gasteiger partial charge in [0.25, 0.3) is 0 Å². The van der Waals surface area contributed by atoms with Gasteiger partial charge in [-0.3, -0.25) is 9.69 Å². The van der Waals surface area contributed by atoms with Gasteiger partial charge in [-0.05, 0) is 38.4 Å². The molecule has 0 spiro atoms. The monoisotopic (exact) mass is 431 g/mol. The van der Waals surface area contributed by atoms with E-state index in [2.05, 4.69) is 4.90 Å². The van der Waals surface area contributed by atoms with Gasteiger partial charge in [-0.25, -0.2) is 4.98 Å². The number of rotatable bonds is 9. The van der Waals surface area contributed by atoms with E-state index in [4.69, 9.17) is 14.5 Å². The van der Waals surface area contributed by atoms with Crippen molar-refractivity contribution < 1.29 is 14.3 Å². The highest BCUT2D eigenvalue weighted by molar-refractivity contribution is 8.00. The Morgan fingerprint density at radius 3 is 2.38 bits per heavy atom. The zero-order valence-electron chi connectivity index (χ0n) is 17.0. The second kappa shape index (κ2) is 9.96. The van der Waals surface area contributed by atoms with Crippen molar-refractivity contribution in [2.24, 2.45) is 0 Å². The number of benzene rings is 2. The van der Waals surface area contributed by atoms with Crippen LogP contribution in [0.1, 0.15) is 0 Å². The summed E-state index contributed by atoms with van der Waals surface area (Å²) in [6.45, 7) is 1.30. The van der Waals surface area contributed by atoms with Crippen molar-refractivity contribution in [3.05, 3.63) is 42.5 Å². The summed E-state index contributed by atoms with van der Waals surface area (Å²) >= 11 is 2.98. The van der Waals surface area contributed by atoms with Crippen molar-refractivity contribution >= 4 is 44.4 Å². The normalized spacial score (nSPS) is 11.1. The molecule has 0 saturated carbocycles. The fourth-order valence-electron chi connectivity index (χ4n) is 2.76. The molecule has 3 rings (SSSR count). The minimum Gasteiger partial charge on any atom is -0.495 e. The van der Waals surface area contributed by atoms with Gasteiger partial charge in [-0.2, -0.15) is 0 Å². The number of methoxy groups -OCH3 is 2. The highest BCUT2D eigenvalue weighted by Crippen LogP contribution is 2.40. The number of fused-ring (bicyclic) bond motifs is 1. The molecule has 0 fully saturated rings. The Labute approximate surface area is 179 Å². The molecule has 0 unspecified atom stereocenters. The molecule has 0 bridgehead atoms. The van der Waals surface area contributed by atoms with E-state index in [9.17, 15) is 4.79 Å². The molecule has 0 aliphatic rings. The Kier molecular flexibility index (Phi) is 7.35. The number of thioether (sulfide) groups is 1. The number of nitrogens with zero attached hydrogens (tertiary/aromatic N) is 3. The average molecular weight is 432 g/mol. The molecule has 0 aliphatic carbocycles. The van der Waals surface area contributed by atoms with Gasteiger partial charge in [0, 0.05) is 18.0 Å². The maximum absolute atomic E-state index is 13.1. The third kappa shape index (κ3) is 5.20. The van der Waals surface area contributed by atoms with Crippen LogP contribution in [0.3, 0.4) is 0 Å². The minimum atomic E-state index is 0.0256. The van der Waals surface area contributed by atoms with Gasteiger partial charge in [0.2, 0.25) is 5.91 Å². The summed E-state index contributed by atoms with van der Waals surface area (Å²) < 4.78 is 11.8. The van der Waals surface area contributed by atoms with E-state index in [-0.39, 0.29) is 5.91 Å². The third-order valence-corrected chi connectivity index (χ3v) is 6.40. The van der Waals surface area contributed by atoms with Gasteiger partial charge in [-0.15, -0.1) is 11.8 Å². The lowest BCUT2D eigenvalue weighted by Gasteiger charge is -2.21. The molecule has 0 atom stereocenters. The van der Waals surface area contributed by atoms with E-state index in [1.807, 2.05) is 56.6 Å². The fourth-order valence-corrected chi connectivity index (χ4v) is 4.67. The molecule has 29 heavy (non-hydrogen) atoms. The van der Waals surface area contributed by atoms with Gasteiger partial charge < -0.3 is 14.4 Å².